The fourth-order valence-electron chi connectivity index (χ4n) is 4.52. The lowest BCUT2D eigenvalue weighted by Crippen LogP contribution is -2.31. The highest BCUT2D eigenvalue weighted by Gasteiger charge is 2.34. The molecule has 0 aliphatic heterocycles. The van der Waals surface area contributed by atoms with Gasteiger partial charge in [0, 0.05) is 5.56 Å². The van der Waals surface area contributed by atoms with E-state index in [0.29, 0.717) is 29.7 Å². The fraction of sp³-hybridized carbons (Fsp3) is 0.250. The molecule has 3 nitrogen and oxygen atoms in total. The Bertz CT molecular complexity index is 1520. The van der Waals surface area contributed by atoms with Crippen LogP contribution in [-0.2, 0) is 12.4 Å². The molecular formula is C32H28F7NO2. The van der Waals surface area contributed by atoms with Crippen LogP contribution in [0.3, 0.4) is 0 Å². The van der Waals surface area contributed by atoms with Gasteiger partial charge in [-0.25, -0.2) is 4.39 Å². The second-order valence-corrected chi connectivity index (χ2v) is 10.1. The molecule has 2 atom stereocenters. The molecule has 0 saturated carbocycles. The topological polar surface area (TPSA) is 41.5 Å². The summed E-state index contributed by atoms with van der Waals surface area (Å²) in [5.41, 5.74) is -1.20. The zero-order valence-corrected chi connectivity index (χ0v) is 22.6. The first-order chi connectivity index (χ1) is 19.8. The second kappa shape index (κ2) is 12.5. The summed E-state index contributed by atoms with van der Waals surface area (Å²) < 4.78 is 102. The van der Waals surface area contributed by atoms with E-state index < -0.39 is 53.6 Å². The normalized spacial score (nSPS) is 13.7. The summed E-state index contributed by atoms with van der Waals surface area (Å²) in [7, 11) is 0. The molecule has 10 heteroatoms. The lowest BCUT2D eigenvalue weighted by molar-refractivity contribution is -0.138. The summed E-state index contributed by atoms with van der Waals surface area (Å²) in [4.78, 5) is 0. The summed E-state index contributed by atoms with van der Waals surface area (Å²) in [6.07, 6.45) is -9.45. The molecule has 0 fully saturated rings. The summed E-state index contributed by atoms with van der Waals surface area (Å²) in [6.45, 7) is 3.31. The second-order valence-electron chi connectivity index (χ2n) is 10.1. The van der Waals surface area contributed by atoms with Crippen LogP contribution in [0, 0.1) is 5.82 Å². The van der Waals surface area contributed by atoms with Crippen molar-refractivity contribution in [2.75, 3.05) is 6.61 Å². The Morgan fingerprint density at radius 1 is 0.690 bits per heavy atom. The van der Waals surface area contributed by atoms with Crippen molar-refractivity contribution in [2.45, 2.75) is 44.2 Å². The molecule has 0 saturated heterocycles. The molecule has 0 amide bonds. The first kappa shape index (κ1) is 31.1. The number of ether oxygens (including phenoxy) is 1. The monoisotopic (exact) mass is 591 g/mol. The van der Waals surface area contributed by atoms with Crippen LogP contribution in [-0.4, -0.2) is 11.7 Å². The average molecular weight is 592 g/mol. The minimum absolute atomic E-state index is 0.0163. The molecule has 2 unspecified atom stereocenters. The highest BCUT2D eigenvalue weighted by Crippen LogP contribution is 2.37. The number of hydrogen-bond acceptors (Lipinski definition) is 3. The molecule has 2 N–H and O–H groups in total. The van der Waals surface area contributed by atoms with Gasteiger partial charge in [0.1, 0.15) is 17.3 Å². The maximum absolute atomic E-state index is 15.2. The zero-order chi connectivity index (χ0) is 30.7. The van der Waals surface area contributed by atoms with Gasteiger partial charge in [-0.3, -0.25) is 5.32 Å². The van der Waals surface area contributed by atoms with Crippen molar-refractivity contribution in [3.63, 3.8) is 0 Å². The fourth-order valence-corrected chi connectivity index (χ4v) is 4.52. The molecule has 0 spiro atoms. The van der Waals surface area contributed by atoms with Crippen molar-refractivity contribution in [1.29, 1.82) is 0 Å². The Morgan fingerprint density at radius 2 is 1.24 bits per heavy atom. The summed E-state index contributed by atoms with van der Waals surface area (Å²) in [5, 5.41) is 13.0. The SMILES string of the molecule is CC(C)c1cccc(Oc2cccc(C(NC(CO)c3cccc(C(F)(F)F)c3)c3cc(C(F)(F)F)ccc3F)c2)c1. The number of hydrogen-bond donors (Lipinski definition) is 2. The number of halogens is 7. The van der Waals surface area contributed by atoms with Crippen molar-refractivity contribution in [3.05, 3.63) is 130 Å². The van der Waals surface area contributed by atoms with Crippen molar-refractivity contribution in [3.8, 4) is 11.5 Å². The van der Waals surface area contributed by atoms with Gasteiger partial charge >= 0.3 is 12.4 Å². The minimum Gasteiger partial charge on any atom is -0.457 e. The quantitative estimate of drug-likeness (QED) is 0.191. The Labute approximate surface area is 238 Å². The van der Waals surface area contributed by atoms with E-state index in [4.69, 9.17) is 4.74 Å². The lowest BCUT2D eigenvalue weighted by atomic mass is 9.94. The Morgan fingerprint density at radius 3 is 1.83 bits per heavy atom. The predicted octanol–water partition coefficient (Wildman–Crippen LogP) is 9.19. The van der Waals surface area contributed by atoms with Crippen LogP contribution < -0.4 is 10.1 Å². The van der Waals surface area contributed by atoms with Crippen LogP contribution in [0.15, 0.2) is 91.0 Å². The highest BCUT2D eigenvalue weighted by atomic mass is 19.4. The van der Waals surface area contributed by atoms with Gasteiger partial charge in [-0.2, -0.15) is 26.3 Å². The molecule has 0 aliphatic carbocycles. The van der Waals surface area contributed by atoms with Gasteiger partial charge in [-0.1, -0.05) is 50.2 Å². The van der Waals surface area contributed by atoms with Gasteiger partial charge in [0.2, 0.25) is 0 Å². The lowest BCUT2D eigenvalue weighted by Gasteiger charge is -2.27. The van der Waals surface area contributed by atoms with Gasteiger partial charge in [0.05, 0.1) is 29.8 Å². The maximum Gasteiger partial charge on any atom is 0.416 e. The molecule has 4 rings (SSSR count). The molecule has 0 radical (unpaired) electrons. The van der Waals surface area contributed by atoms with Crippen LogP contribution in [0.4, 0.5) is 30.7 Å². The van der Waals surface area contributed by atoms with Gasteiger partial charge in [-0.05, 0) is 77.2 Å². The standard InChI is InChI=1S/C32H28F7NO2/c1-19(2)20-6-4-10-25(15-20)42-26-11-5-8-22(16-26)30(27-17-24(32(37,38)39)12-13-28(27)33)40-29(18-41)21-7-3-9-23(14-21)31(34,35)36/h3-17,19,29-30,40-41H,18H2,1-2H3. The Hall–Kier alpha value is -3.89. The zero-order valence-electron chi connectivity index (χ0n) is 22.6. The summed E-state index contributed by atoms with van der Waals surface area (Å²) >= 11 is 0. The molecule has 4 aromatic rings. The maximum atomic E-state index is 15.2. The van der Waals surface area contributed by atoms with Gasteiger partial charge in [0.15, 0.2) is 0 Å². The van der Waals surface area contributed by atoms with Crippen LogP contribution >= 0.6 is 0 Å². The number of aliphatic hydroxyl groups is 1. The van der Waals surface area contributed by atoms with E-state index in [0.717, 1.165) is 23.8 Å². The molecular weight excluding hydrogens is 563 g/mol. The first-order valence-electron chi connectivity index (χ1n) is 13.0. The van der Waals surface area contributed by atoms with E-state index >= 15 is 4.39 Å². The molecule has 0 bridgehead atoms. The molecule has 42 heavy (non-hydrogen) atoms. The molecule has 222 valence electrons. The molecule has 4 aromatic carbocycles. The highest BCUT2D eigenvalue weighted by molar-refractivity contribution is 5.42. The van der Waals surface area contributed by atoms with Crippen molar-refractivity contribution in [1.82, 2.24) is 5.32 Å². The number of alkyl halides is 6. The van der Waals surface area contributed by atoms with E-state index in [-0.39, 0.29) is 17.0 Å². The van der Waals surface area contributed by atoms with E-state index in [1.807, 2.05) is 32.0 Å². The van der Waals surface area contributed by atoms with Crippen molar-refractivity contribution >= 4 is 0 Å². The van der Waals surface area contributed by atoms with E-state index in [1.54, 1.807) is 18.2 Å². The van der Waals surface area contributed by atoms with Gasteiger partial charge < -0.3 is 9.84 Å². The largest absolute Gasteiger partial charge is 0.457 e. The smallest absolute Gasteiger partial charge is 0.416 e. The number of benzene rings is 4. The Balaban J connectivity index is 1.78. The Kier molecular flexibility index (Phi) is 9.27. The van der Waals surface area contributed by atoms with E-state index in [1.165, 1.54) is 18.2 Å². The van der Waals surface area contributed by atoms with E-state index in [2.05, 4.69) is 5.32 Å². The summed E-state index contributed by atoms with van der Waals surface area (Å²) in [5.74, 6) is 0.0540. The van der Waals surface area contributed by atoms with Crippen LogP contribution in [0.5, 0.6) is 11.5 Å². The minimum atomic E-state index is -4.78. The van der Waals surface area contributed by atoms with E-state index in [9.17, 15) is 31.4 Å². The number of nitrogens with one attached hydrogen (secondary N) is 1. The van der Waals surface area contributed by atoms with Crippen LogP contribution in [0.2, 0.25) is 0 Å². The van der Waals surface area contributed by atoms with Gasteiger partial charge in [0.25, 0.3) is 0 Å². The third kappa shape index (κ3) is 7.49. The third-order valence-corrected chi connectivity index (χ3v) is 6.75. The van der Waals surface area contributed by atoms with Crippen LogP contribution in [0.25, 0.3) is 0 Å². The van der Waals surface area contributed by atoms with Crippen molar-refractivity contribution < 1.29 is 40.6 Å². The average Bonchev–Trinajstić information content (AvgIpc) is 2.93. The molecule has 0 heterocycles. The first-order valence-corrected chi connectivity index (χ1v) is 13.0. The molecule has 0 aliphatic rings. The summed E-state index contributed by atoms with van der Waals surface area (Å²) in [6, 6.07) is 17.1. The predicted molar refractivity (Wildman–Crippen MR) is 145 cm³/mol. The molecule has 0 aromatic heterocycles. The van der Waals surface area contributed by atoms with Gasteiger partial charge in [-0.15, -0.1) is 0 Å². The number of rotatable bonds is 9. The van der Waals surface area contributed by atoms with Crippen molar-refractivity contribution in [2.24, 2.45) is 0 Å². The number of aliphatic hydroxyl groups excluding tert-OH is 1. The third-order valence-electron chi connectivity index (χ3n) is 6.75. The van der Waals surface area contributed by atoms with Crippen LogP contribution in [0.1, 0.15) is 65.2 Å².